The van der Waals surface area contributed by atoms with Crippen LogP contribution in [0.25, 0.3) is 21.7 Å². The fraction of sp³-hybridized carbons (Fsp3) is 0.100. The molecule has 0 aliphatic carbocycles. The number of imidazole rings is 1. The van der Waals surface area contributed by atoms with Gasteiger partial charge in [-0.3, -0.25) is 4.79 Å². The van der Waals surface area contributed by atoms with Gasteiger partial charge in [0.25, 0.3) is 5.91 Å². The highest BCUT2D eigenvalue weighted by Gasteiger charge is 2.15. The number of rotatable bonds is 5. The maximum Gasteiger partial charge on any atom is 0.259 e. The number of benzene rings is 2. The van der Waals surface area contributed by atoms with Gasteiger partial charge in [-0.25, -0.2) is 4.98 Å². The number of carbonyl (C=O) groups excluding carboxylic acids is 1. The van der Waals surface area contributed by atoms with Crippen molar-refractivity contribution in [1.82, 2.24) is 9.97 Å². The molecular formula is C20H17N3O3S. The minimum Gasteiger partial charge on any atom is -0.497 e. The second kappa shape index (κ2) is 7.13. The van der Waals surface area contributed by atoms with Crippen LogP contribution in [0, 0.1) is 0 Å². The van der Waals surface area contributed by atoms with Crippen molar-refractivity contribution in [1.29, 1.82) is 0 Å². The van der Waals surface area contributed by atoms with Crippen LogP contribution in [0.3, 0.4) is 0 Å². The van der Waals surface area contributed by atoms with Gasteiger partial charge < -0.3 is 19.8 Å². The average molecular weight is 379 g/mol. The highest BCUT2D eigenvalue weighted by Crippen LogP contribution is 2.27. The molecule has 2 N–H and O–H groups in total. The number of aromatic amines is 1. The summed E-state index contributed by atoms with van der Waals surface area (Å²) in [5.41, 5.74) is 2.77. The number of nitrogens with one attached hydrogen (secondary N) is 2. The molecule has 0 aliphatic heterocycles. The number of anilines is 1. The van der Waals surface area contributed by atoms with Crippen LogP contribution in [-0.2, 0) is 0 Å². The van der Waals surface area contributed by atoms with Crippen molar-refractivity contribution in [3.05, 3.63) is 59.5 Å². The number of hydrogen-bond acceptors (Lipinski definition) is 5. The second-order valence-electron chi connectivity index (χ2n) is 5.81. The fourth-order valence-electron chi connectivity index (χ4n) is 2.81. The molecule has 136 valence electrons. The maximum absolute atomic E-state index is 12.7. The predicted molar refractivity (Wildman–Crippen MR) is 107 cm³/mol. The molecule has 1 amide bonds. The number of ether oxygens (including phenoxy) is 2. The van der Waals surface area contributed by atoms with E-state index in [4.69, 9.17) is 9.47 Å². The van der Waals surface area contributed by atoms with Gasteiger partial charge in [0.05, 0.1) is 35.7 Å². The molecule has 2 heterocycles. The molecule has 0 unspecified atom stereocenters. The zero-order valence-corrected chi connectivity index (χ0v) is 15.6. The van der Waals surface area contributed by atoms with Crippen LogP contribution in [0.1, 0.15) is 10.4 Å². The van der Waals surface area contributed by atoms with Crippen molar-refractivity contribution < 1.29 is 14.3 Å². The van der Waals surface area contributed by atoms with Crippen LogP contribution in [0.2, 0.25) is 0 Å². The highest BCUT2D eigenvalue weighted by molar-refractivity contribution is 7.13. The van der Waals surface area contributed by atoms with Crippen LogP contribution in [0.5, 0.6) is 11.5 Å². The van der Waals surface area contributed by atoms with Gasteiger partial charge in [0, 0.05) is 5.69 Å². The number of amides is 1. The van der Waals surface area contributed by atoms with E-state index < -0.39 is 0 Å². The standard InChI is InChI=1S/C20H17N3O3S/c1-25-13-6-8-17(26-2)14(11-13)20(24)21-12-5-7-15-16(10-12)23-19(22-15)18-4-3-9-27-18/h3-11H,1-2H3,(H,21,24)(H,22,23). The van der Waals surface area contributed by atoms with E-state index in [0.29, 0.717) is 22.7 Å². The number of nitrogens with zero attached hydrogens (tertiary/aromatic N) is 1. The second-order valence-corrected chi connectivity index (χ2v) is 6.76. The van der Waals surface area contributed by atoms with Crippen molar-refractivity contribution in [2.75, 3.05) is 19.5 Å². The maximum atomic E-state index is 12.7. The summed E-state index contributed by atoms with van der Waals surface area (Å²) < 4.78 is 10.5. The van der Waals surface area contributed by atoms with Crippen LogP contribution in [0.4, 0.5) is 5.69 Å². The average Bonchev–Trinajstić information content (AvgIpc) is 3.36. The molecule has 0 saturated heterocycles. The van der Waals surface area contributed by atoms with Gasteiger partial charge in [0.1, 0.15) is 17.3 Å². The van der Waals surface area contributed by atoms with E-state index in [1.54, 1.807) is 36.6 Å². The third-order valence-corrected chi connectivity index (χ3v) is 5.02. The quantitative estimate of drug-likeness (QED) is 0.533. The topological polar surface area (TPSA) is 76.2 Å². The van der Waals surface area contributed by atoms with Gasteiger partial charge in [0.15, 0.2) is 0 Å². The Labute approximate surface area is 159 Å². The third-order valence-electron chi connectivity index (χ3n) is 4.15. The molecule has 2 aromatic carbocycles. The molecule has 7 heteroatoms. The van der Waals surface area contributed by atoms with Gasteiger partial charge in [0.2, 0.25) is 0 Å². The Balaban J connectivity index is 1.62. The van der Waals surface area contributed by atoms with Gasteiger partial charge in [-0.2, -0.15) is 0 Å². The normalized spacial score (nSPS) is 10.7. The summed E-state index contributed by atoms with van der Waals surface area (Å²) in [7, 11) is 3.09. The van der Waals surface area contributed by atoms with Crippen LogP contribution >= 0.6 is 11.3 Å². The summed E-state index contributed by atoms with van der Waals surface area (Å²) >= 11 is 1.62. The number of thiophene rings is 1. The van der Waals surface area contributed by atoms with E-state index in [0.717, 1.165) is 21.7 Å². The molecule has 6 nitrogen and oxygen atoms in total. The summed E-state index contributed by atoms with van der Waals surface area (Å²) in [5.74, 6) is 1.61. The lowest BCUT2D eigenvalue weighted by Gasteiger charge is -2.11. The highest BCUT2D eigenvalue weighted by atomic mass is 32.1. The van der Waals surface area contributed by atoms with Gasteiger partial charge >= 0.3 is 0 Å². The lowest BCUT2D eigenvalue weighted by Crippen LogP contribution is -2.13. The van der Waals surface area contributed by atoms with E-state index in [-0.39, 0.29) is 5.91 Å². The minimum atomic E-state index is -0.275. The molecule has 0 bridgehead atoms. The fourth-order valence-corrected chi connectivity index (χ4v) is 3.48. The Hall–Kier alpha value is -3.32. The molecule has 0 aliphatic rings. The number of carbonyl (C=O) groups is 1. The molecule has 4 rings (SSSR count). The van der Waals surface area contributed by atoms with E-state index in [1.807, 2.05) is 35.7 Å². The van der Waals surface area contributed by atoms with Crippen LogP contribution < -0.4 is 14.8 Å². The molecule has 0 radical (unpaired) electrons. The largest absolute Gasteiger partial charge is 0.497 e. The van der Waals surface area contributed by atoms with Crippen molar-refractivity contribution in [3.8, 4) is 22.2 Å². The Kier molecular flexibility index (Phi) is 4.52. The first-order valence-electron chi connectivity index (χ1n) is 8.25. The predicted octanol–water partition coefficient (Wildman–Crippen LogP) is 4.56. The van der Waals surface area contributed by atoms with Crippen LogP contribution in [0.15, 0.2) is 53.9 Å². The molecular weight excluding hydrogens is 362 g/mol. The summed E-state index contributed by atoms with van der Waals surface area (Å²) in [4.78, 5) is 21.7. The van der Waals surface area contributed by atoms with E-state index in [2.05, 4.69) is 15.3 Å². The number of methoxy groups -OCH3 is 2. The van der Waals surface area contributed by atoms with Crippen LogP contribution in [-0.4, -0.2) is 30.1 Å². The molecule has 0 spiro atoms. The monoisotopic (exact) mass is 379 g/mol. The van der Waals surface area contributed by atoms with Gasteiger partial charge in [-0.15, -0.1) is 11.3 Å². The Morgan fingerprint density at radius 3 is 2.74 bits per heavy atom. The molecule has 2 aromatic heterocycles. The first-order valence-corrected chi connectivity index (χ1v) is 9.13. The first kappa shape index (κ1) is 17.1. The molecule has 0 fully saturated rings. The molecule has 0 saturated carbocycles. The Morgan fingerprint density at radius 2 is 2.00 bits per heavy atom. The van der Waals surface area contributed by atoms with E-state index in [1.165, 1.54) is 7.11 Å². The zero-order valence-electron chi connectivity index (χ0n) is 14.8. The lowest BCUT2D eigenvalue weighted by molar-refractivity contribution is 0.102. The minimum absolute atomic E-state index is 0.275. The van der Waals surface area contributed by atoms with E-state index >= 15 is 0 Å². The number of hydrogen-bond donors (Lipinski definition) is 2. The van der Waals surface area contributed by atoms with Crippen molar-refractivity contribution >= 4 is 34.0 Å². The SMILES string of the molecule is COc1ccc(OC)c(C(=O)Nc2ccc3nc(-c4cccs4)[nH]c3c2)c1. The molecule has 0 atom stereocenters. The van der Waals surface area contributed by atoms with Crippen molar-refractivity contribution in [2.45, 2.75) is 0 Å². The van der Waals surface area contributed by atoms with Crippen molar-refractivity contribution in [2.24, 2.45) is 0 Å². The van der Waals surface area contributed by atoms with E-state index in [9.17, 15) is 4.79 Å². The lowest BCUT2D eigenvalue weighted by atomic mass is 10.1. The summed E-state index contributed by atoms with van der Waals surface area (Å²) in [6.07, 6.45) is 0. The summed E-state index contributed by atoms with van der Waals surface area (Å²) in [6.45, 7) is 0. The number of fused-ring (bicyclic) bond motifs is 1. The summed E-state index contributed by atoms with van der Waals surface area (Å²) in [6, 6.07) is 14.7. The molecule has 27 heavy (non-hydrogen) atoms. The Bertz CT molecular complexity index is 1100. The smallest absolute Gasteiger partial charge is 0.259 e. The number of H-pyrrole nitrogens is 1. The zero-order chi connectivity index (χ0) is 18.8. The third kappa shape index (κ3) is 3.37. The molecule has 4 aromatic rings. The Morgan fingerprint density at radius 1 is 1.11 bits per heavy atom. The first-order chi connectivity index (χ1) is 13.2. The van der Waals surface area contributed by atoms with Gasteiger partial charge in [-0.05, 0) is 47.8 Å². The number of aromatic nitrogens is 2. The van der Waals surface area contributed by atoms with Gasteiger partial charge in [-0.1, -0.05) is 6.07 Å². The van der Waals surface area contributed by atoms with Crippen molar-refractivity contribution in [3.63, 3.8) is 0 Å². The summed E-state index contributed by atoms with van der Waals surface area (Å²) in [5, 5.41) is 4.91.